The lowest BCUT2D eigenvalue weighted by molar-refractivity contribution is 0.305. The lowest BCUT2D eigenvalue weighted by Crippen LogP contribution is -1.98. The minimum absolute atomic E-state index is 0.0587. The predicted octanol–water partition coefficient (Wildman–Crippen LogP) is 3.12. The molecule has 0 fully saturated rings. The van der Waals surface area contributed by atoms with Crippen LogP contribution in [0, 0.1) is 11.8 Å². The first-order valence-electron chi connectivity index (χ1n) is 8.08. The molecule has 3 aromatic rings. The number of methoxy groups -OCH3 is 2. The van der Waals surface area contributed by atoms with Gasteiger partial charge in [0.25, 0.3) is 0 Å². The molecule has 6 heteroatoms. The van der Waals surface area contributed by atoms with Crippen LogP contribution in [0.3, 0.4) is 0 Å². The van der Waals surface area contributed by atoms with Gasteiger partial charge in [-0.1, -0.05) is 17.9 Å². The van der Waals surface area contributed by atoms with Crippen molar-refractivity contribution in [1.82, 2.24) is 9.97 Å². The SMILES string of the molecule is COc1cc2ncnc(Nc3cccc(C#CCCO)c3)c2cc1OC. The van der Waals surface area contributed by atoms with E-state index in [2.05, 4.69) is 27.1 Å². The molecule has 1 heterocycles. The average molecular weight is 349 g/mol. The third-order valence-electron chi connectivity index (χ3n) is 3.74. The number of aliphatic hydroxyl groups is 1. The van der Waals surface area contributed by atoms with Gasteiger partial charge < -0.3 is 19.9 Å². The topological polar surface area (TPSA) is 76.5 Å². The summed E-state index contributed by atoms with van der Waals surface area (Å²) >= 11 is 0. The maximum absolute atomic E-state index is 8.83. The minimum atomic E-state index is 0.0587. The van der Waals surface area contributed by atoms with Crippen LogP contribution in [-0.4, -0.2) is 35.9 Å². The fourth-order valence-electron chi connectivity index (χ4n) is 2.51. The molecule has 0 aliphatic carbocycles. The van der Waals surface area contributed by atoms with E-state index in [0.717, 1.165) is 22.2 Å². The zero-order valence-corrected chi connectivity index (χ0v) is 14.6. The van der Waals surface area contributed by atoms with E-state index in [1.54, 1.807) is 14.2 Å². The predicted molar refractivity (Wildman–Crippen MR) is 101 cm³/mol. The Labute approximate surface area is 151 Å². The summed E-state index contributed by atoms with van der Waals surface area (Å²) in [6, 6.07) is 11.4. The molecule has 0 aliphatic rings. The zero-order chi connectivity index (χ0) is 18.4. The summed E-state index contributed by atoms with van der Waals surface area (Å²) in [5, 5.41) is 12.9. The highest BCUT2D eigenvalue weighted by molar-refractivity contribution is 5.93. The van der Waals surface area contributed by atoms with Crippen molar-refractivity contribution in [2.45, 2.75) is 6.42 Å². The van der Waals surface area contributed by atoms with Gasteiger partial charge in [0.2, 0.25) is 0 Å². The van der Waals surface area contributed by atoms with Crippen molar-refractivity contribution < 1.29 is 14.6 Å². The number of nitrogens with one attached hydrogen (secondary N) is 1. The van der Waals surface area contributed by atoms with E-state index in [1.807, 2.05) is 36.4 Å². The van der Waals surface area contributed by atoms with E-state index in [1.165, 1.54) is 6.33 Å². The number of nitrogens with zero attached hydrogens (tertiary/aromatic N) is 2. The van der Waals surface area contributed by atoms with Crippen LogP contribution in [0.15, 0.2) is 42.7 Å². The standard InChI is InChI=1S/C20H19N3O3/c1-25-18-11-16-17(12-19(18)26-2)21-13-22-20(16)23-15-8-5-7-14(10-15)6-3-4-9-24/h5,7-8,10-13,24H,4,9H2,1-2H3,(H,21,22,23). The molecule has 0 amide bonds. The number of fused-ring (bicyclic) bond motifs is 1. The summed E-state index contributed by atoms with van der Waals surface area (Å²) in [5.74, 6) is 7.83. The molecular weight excluding hydrogens is 330 g/mol. The second-order valence-corrected chi connectivity index (χ2v) is 5.43. The first kappa shape index (κ1) is 17.5. The van der Waals surface area contributed by atoms with E-state index in [9.17, 15) is 0 Å². The fourth-order valence-corrected chi connectivity index (χ4v) is 2.51. The van der Waals surface area contributed by atoms with E-state index < -0.39 is 0 Å². The van der Waals surface area contributed by atoms with Crippen molar-refractivity contribution in [3.8, 4) is 23.3 Å². The molecular formula is C20H19N3O3. The third-order valence-corrected chi connectivity index (χ3v) is 3.74. The van der Waals surface area contributed by atoms with Crippen LogP contribution in [0.5, 0.6) is 11.5 Å². The molecule has 1 aromatic heterocycles. The van der Waals surface area contributed by atoms with E-state index >= 15 is 0 Å². The summed E-state index contributed by atoms with van der Waals surface area (Å²) < 4.78 is 10.7. The highest BCUT2D eigenvalue weighted by Gasteiger charge is 2.11. The number of hydrogen-bond donors (Lipinski definition) is 2. The van der Waals surface area contributed by atoms with Crippen LogP contribution in [-0.2, 0) is 0 Å². The van der Waals surface area contributed by atoms with Crippen LogP contribution in [0.1, 0.15) is 12.0 Å². The van der Waals surface area contributed by atoms with Crippen LogP contribution in [0.25, 0.3) is 10.9 Å². The third kappa shape index (κ3) is 3.85. The molecule has 0 atom stereocenters. The van der Waals surface area contributed by atoms with E-state index in [0.29, 0.717) is 23.7 Å². The lowest BCUT2D eigenvalue weighted by Gasteiger charge is -2.12. The van der Waals surface area contributed by atoms with Gasteiger partial charge in [0, 0.05) is 29.1 Å². The van der Waals surface area contributed by atoms with Gasteiger partial charge in [0.05, 0.1) is 26.3 Å². The van der Waals surface area contributed by atoms with Crippen molar-refractivity contribution in [2.75, 3.05) is 26.1 Å². The maximum Gasteiger partial charge on any atom is 0.162 e. The highest BCUT2D eigenvalue weighted by Crippen LogP contribution is 2.34. The number of anilines is 2. The van der Waals surface area contributed by atoms with Crippen molar-refractivity contribution in [2.24, 2.45) is 0 Å². The van der Waals surface area contributed by atoms with Crippen LogP contribution >= 0.6 is 0 Å². The first-order valence-corrected chi connectivity index (χ1v) is 8.08. The Bertz CT molecular complexity index is 977. The molecule has 0 spiro atoms. The summed E-state index contributed by atoms with van der Waals surface area (Å²) in [6.45, 7) is 0.0587. The summed E-state index contributed by atoms with van der Waals surface area (Å²) in [7, 11) is 3.18. The second-order valence-electron chi connectivity index (χ2n) is 5.43. The Kier molecular flexibility index (Phi) is 5.52. The quantitative estimate of drug-likeness (QED) is 0.689. The van der Waals surface area contributed by atoms with Crippen LogP contribution in [0.2, 0.25) is 0 Å². The van der Waals surface area contributed by atoms with Crippen LogP contribution < -0.4 is 14.8 Å². The maximum atomic E-state index is 8.83. The van der Waals surface area contributed by atoms with Crippen molar-refractivity contribution in [3.05, 3.63) is 48.3 Å². The summed E-state index contributed by atoms with van der Waals surface area (Å²) in [5.41, 5.74) is 2.47. The lowest BCUT2D eigenvalue weighted by atomic mass is 10.1. The normalized spacial score (nSPS) is 10.1. The van der Waals surface area contributed by atoms with Gasteiger partial charge in [0.1, 0.15) is 12.1 Å². The zero-order valence-electron chi connectivity index (χ0n) is 14.6. The van der Waals surface area contributed by atoms with Gasteiger partial charge in [-0.05, 0) is 24.3 Å². The Balaban J connectivity index is 1.96. The molecule has 132 valence electrons. The Morgan fingerprint density at radius 2 is 1.88 bits per heavy atom. The van der Waals surface area contributed by atoms with Gasteiger partial charge in [0.15, 0.2) is 11.5 Å². The van der Waals surface area contributed by atoms with Gasteiger partial charge >= 0.3 is 0 Å². The summed E-state index contributed by atoms with van der Waals surface area (Å²) in [6.07, 6.45) is 1.96. The average Bonchev–Trinajstić information content (AvgIpc) is 2.67. The minimum Gasteiger partial charge on any atom is -0.493 e. The molecule has 0 unspecified atom stereocenters. The second kappa shape index (κ2) is 8.19. The van der Waals surface area contributed by atoms with Gasteiger partial charge in [-0.15, -0.1) is 0 Å². The van der Waals surface area contributed by atoms with Crippen LogP contribution in [0.4, 0.5) is 11.5 Å². The Morgan fingerprint density at radius 1 is 1.08 bits per heavy atom. The van der Waals surface area contributed by atoms with E-state index in [4.69, 9.17) is 14.6 Å². The van der Waals surface area contributed by atoms with Gasteiger partial charge in [-0.3, -0.25) is 0 Å². The molecule has 0 bridgehead atoms. The molecule has 0 radical (unpaired) electrons. The number of hydrogen-bond acceptors (Lipinski definition) is 6. The molecule has 0 aliphatic heterocycles. The molecule has 0 saturated carbocycles. The van der Waals surface area contributed by atoms with Crippen molar-refractivity contribution in [3.63, 3.8) is 0 Å². The fraction of sp³-hybridized carbons (Fsp3) is 0.200. The molecule has 3 rings (SSSR count). The number of aromatic nitrogens is 2. The van der Waals surface area contributed by atoms with Gasteiger partial charge in [-0.25, -0.2) is 9.97 Å². The Hall–Kier alpha value is -3.30. The number of rotatable bonds is 5. The number of aliphatic hydroxyl groups excluding tert-OH is 1. The largest absolute Gasteiger partial charge is 0.493 e. The molecule has 2 aromatic carbocycles. The molecule has 0 saturated heterocycles. The van der Waals surface area contributed by atoms with Crippen molar-refractivity contribution >= 4 is 22.4 Å². The number of ether oxygens (including phenoxy) is 2. The molecule has 26 heavy (non-hydrogen) atoms. The first-order chi connectivity index (χ1) is 12.7. The molecule has 6 nitrogen and oxygen atoms in total. The van der Waals surface area contributed by atoms with Crippen molar-refractivity contribution in [1.29, 1.82) is 0 Å². The summed E-state index contributed by atoms with van der Waals surface area (Å²) in [4.78, 5) is 8.65. The highest BCUT2D eigenvalue weighted by atomic mass is 16.5. The Morgan fingerprint density at radius 3 is 2.65 bits per heavy atom. The van der Waals surface area contributed by atoms with Gasteiger partial charge in [-0.2, -0.15) is 0 Å². The monoisotopic (exact) mass is 349 g/mol. The number of benzene rings is 2. The van der Waals surface area contributed by atoms with E-state index in [-0.39, 0.29) is 6.61 Å². The smallest absolute Gasteiger partial charge is 0.162 e. The molecule has 2 N–H and O–H groups in total.